The number of rotatable bonds is 4. The molecule has 1 aromatic heterocycles. The topological polar surface area (TPSA) is 121 Å². The molecule has 8 heteroatoms. The standard InChI is InChI=1S/C9H11N3O5/c1-5(8(15)16)10-7(14)4-12-3-2-6(13)11-9(12)17/h2-3,5H,4H2,1H3,(H,10,14)(H,15,16)(H,11,13,17)/t5-/m0/s1. The molecule has 3 N–H and O–H groups in total. The molecule has 0 unspecified atom stereocenters. The minimum absolute atomic E-state index is 0.354. The molecule has 1 rings (SSSR count). The molecule has 0 saturated heterocycles. The number of aliphatic carboxylic acids is 1. The molecule has 0 bridgehead atoms. The Morgan fingerprint density at radius 2 is 2.18 bits per heavy atom. The van der Waals surface area contributed by atoms with Gasteiger partial charge in [-0.3, -0.25) is 23.9 Å². The number of nitrogens with zero attached hydrogens (tertiary/aromatic N) is 1. The lowest BCUT2D eigenvalue weighted by molar-refractivity contribution is -0.141. The summed E-state index contributed by atoms with van der Waals surface area (Å²) in [4.78, 5) is 45.7. The van der Waals surface area contributed by atoms with Gasteiger partial charge < -0.3 is 10.4 Å². The Morgan fingerprint density at radius 3 is 2.71 bits per heavy atom. The summed E-state index contributed by atoms with van der Waals surface area (Å²) in [7, 11) is 0. The van der Waals surface area contributed by atoms with Crippen molar-refractivity contribution < 1.29 is 14.7 Å². The predicted octanol–water partition coefficient (Wildman–Crippen LogP) is -1.87. The van der Waals surface area contributed by atoms with Crippen LogP contribution < -0.4 is 16.6 Å². The van der Waals surface area contributed by atoms with Gasteiger partial charge in [-0.1, -0.05) is 0 Å². The van der Waals surface area contributed by atoms with Crippen molar-refractivity contribution in [2.75, 3.05) is 0 Å². The first kappa shape index (κ1) is 12.7. The van der Waals surface area contributed by atoms with E-state index >= 15 is 0 Å². The average Bonchev–Trinajstić information content (AvgIpc) is 2.22. The number of nitrogens with one attached hydrogen (secondary N) is 2. The van der Waals surface area contributed by atoms with Crippen molar-refractivity contribution in [1.29, 1.82) is 0 Å². The second-order valence-corrected chi connectivity index (χ2v) is 3.37. The summed E-state index contributed by atoms with van der Waals surface area (Å²) < 4.78 is 0.964. The molecular formula is C9H11N3O5. The summed E-state index contributed by atoms with van der Waals surface area (Å²) in [5.41, 5.74) is -1.29. The molecule has 1 atom stereocenters. The zero-order valence-corrected chi connectivity index (χ0v) is 8.97. The molecule has 0 fully saturated rings. The molecule has 0 spiro atoms. The van der Waals surface area contributed by atoms with Crippen molar-refractivity contribution in [3.63, 3.8) is 0 Å². The van der Waals surface area contributed by atoms with E-state index in [1.165, 1.54) is 6.92 Å². The van der Waals surface area contributed by atoms with Gasteiger partial charge in [-0.25, -0.2) is 4.79 Å². The van der Waals surface area contributed by atoms with Crippen LogP contribution >= 0.6 is 0 Å². The van der Waals surface area contributed by atoms with Crippen molar-refractivity contribution in [2.45, 2.75) is 19.5 Å². The monoisotopic (exact) mass is 241 g/mol. The maximum atomic E-state index is 11.3. The van der Waals surface area contributed by atoms with E-state index < -0.39 is 29.2 Å². The molecule has 0 aliphatic heterocycles. The van der Waals surface area contributed by atoms with Crippen LogP contribution in [0.3, 0.4) is 0 Å². The highest BCUT2D eigenvalue weighted by molar-refractivity contribution is 5.82. The largest absolute Gasteiger partial charge is 0.480 e. The van der Waals surface area contributed by atoms with E-state index in [4.69, 9.17) is 5.11 Å². The number of aromatic nitrogens is 2. The zero-order valence-electron chi connectivity index (χ0n) is 8.97. The third-order valence-corrected chi connectivity index (χ3v) is 1.96. The number of H-pyrrole nitrogens is 1. The zero-order chi connectivity index (χ0) is 13.0. The summed E-state index contributed by atoms with van der Waals surface area (Å²) >= 11 is 0. The number of aromatic amines is 1. The van der Waals surface area contributed by atoms with Crippen LogP contribution in [-0.4, -0.2) is 32.6 Å². The first-order valence-electron chi connectivity index (χ1n) is 4.72. The number of carbonyl (C=O) groups excluding carboxylic acids is 1. The van der Waals surface area contributed by atoms with E-state index in [9.17, 15) is 19.2 Å². The van der Waals surface area contributed by atoms with Crippen LogP contribution in [0.4, 0.5) is 0 Å². The Kier molecular flexibility index (Phi) is 3.81. The Morgan fingerprint density at radius 1 is 1.53 bits per heavy atom. The molecule has 8 nitrogen and oxygen atoms in total. The quantitative estimate of drug-likeness (QED) is 0.570. The molecule has 17 heavy (non-hydrogen) atoms. The maximum absolute atomic E-state index is 11.3. The average molecular weight is 241 g/mol. The fourth-order valence-electron chi connectivity index (χ4n) is 1.07. The van der Waals surface area contributed by atoms with Crippen molar-refractivity contribution >= 4 is 11.9 Å². The Balaban J connectivity index is 2.72. The van der Waals surface area contributed by atoms with Gasteiger partial charge in [-0.05, 0) is 6.92 Å². The van der Waals surface area contributed by atoms with E-state index in [-0.39, 0.29) is 6.54 Å². The second kappa shape index (κ2) is 5.10. The molecule has 1 aromatic rings. The van der Waals surface area contributed by atoms with Crippen molar-refractivity contribution in [3.05, 3.63) is 33.1 Å². The minimum Gasteiger partial charge on any atom is -0.480 e. The fourth-order valence-corrected chi connectivity index (χ4v) is 1.07. The number of carbonyl (C=O) groups is 2. The molecule has 0 aliphatic rings. The first-order valence-corrected chi connectivity index (χ1v) is 4.72. The third-order valence-electron chi connectivity index (χ3n) is 1.96. The van der Waals surface area contributed by atoms with Gasteiger partial charge in [-0.2, -0.15) is 0 Å². The van der Waals surface area contributed by atoms with Gasteiger partial charge in [0.2, 0.25) is 5.91 Å². The van der Waals surface area contributed by atoms with Gasteiger partial charge >= 0.3 is 11.7 Å². The van der Waals surface area contributed by atoms with Gasteiger partial charge in [0, 0.05) is 12.3 Å². The lowest BCUT2D eigenvalue weighted by atomic mass is 10.3. The highest BCUT2D eigenvalue weighted by Crippen LogP contribution is 1.83. The molecule has 0 radical (unpaired) electrons. The van der Waals surface area contributed by atoms with Crippen LogP contribution in [-0.2, 0) is 16.1 Å². The third kappa shape index (κ3) is 3.59. The van der Waals surface area contributed by atoms with E-state index in [0.717, 1.165) is 16.8 Å². The number of amides is 1. The van der Waals surface area contributed by atoms with E-state index in [1.807, 2.05) is 4.98 Å². The SMILES string of the molecule is C[C@H](NC(=O)Cn1ccc(=O)[nH]c1=O)C(=O)O. The first-order chi connectivity index (χ1) is 7.90. The summed E-state index contributed by atoms with van der Waals surface area (Å²) in [5.74, 6) is -1.80. The Bertz CT molecular complexity index is 544. The lowest BCUT2D eigenvalue weighted by Crippen LogP contribution is -2.42. The van der Waals surface area contributed by atoms with Crippen LogP contribution in [0.1, 0.15) is 6.92 Å². The number of carboxylic acid groups (broad SMARTS) is 1. The van der Waals surface area contributed by atoms with Crippen molar-refractivity contribution in [3.8, 4) is 0 Å². The normalized spacial score (nSPS) is 11.8. The lowest BCUT2D eigenvalue weighted by Gasteiger charge is -2.09. The van der Waals surface area contributed by atoms with E-state index in [0.29, 0.717) is 0 Å². The summed E-state index contributed by atoms with van der Waals surface area (Å²) in [6, 6.07) is 0.0518. The van der Waals surface area contributed by atoms with E-state index in [2.05, 4.69) is 5.32 Å². The van der Waals surface area contributed by atoms with Crippen LogP contribution in [0.25, 0.3) is 0 Å². The van der Waals surface area contributed by atoms with Crippen LogP contribution in [0.5, 0.6) is 0 Å². The maximum Gasteiger partial charge on any atom is 0.328 e. The van der Waals surface area contributed by atoms with Crippen LogP contribution in [0, 0.1) is 0 Å². The molecule has 0 aliphatic carbocycles. The van der Waals surface area contributed by atoms with Crippen molar-refractivity contribution in [1.82, 2.24) is 14.9 Å². The smallest absolute Gasteiger partial charge is 0.328 e. The fraction of sp³-hybridized carbons (Fsp3) is 0.333. The van der Waals surface area contributed by atoms with Crippen LogP contribution in [0.2, 0.25) is 0 Å². The summed E-state index contributed by atoms with van der Waals surface area (Å²) in [6.45, 7) is 0.948. The van der Waals surface area contributed by atoms with E-state index in [1.54, 1.807) is 0 Å². The molecule has 1 heterocycles. The Hall–Kier alpha value is -2.38. The second-order valence-electron chi connectivity index (χ2n) is 3.37. The molecule has 0 saturated carbocycles. The van der Waals surface area contributed by atoms with Gasteiger partial charge in [-0.15, -0.1) is 0 Å². The van der Waals surface area contributed by atoms with Gasteiger partial charge in [0.15, 0.2) is 0 Å². The van der Waals surface area contributed by atoms with Gasteiger partial charge in [0.25, 0.3) is 5.56 Å². The van der Waals surface area contributed by atoms with Gasteiger partial charge in [0.1, 0.15) is 12.6 Å². The number of hydrogen-bond acceptors (Lipinski definition) is 4. The summed E-state index contributed by atoms with van der Waals surface area (Å²) in [5, 5.41) is 10.7. The number of hydrogen-bond donors (Lipinski definition) is 3. The molecule has 92 valence electrons. The van der Waals surface area contributed by atoms with Crippen LogP contribution in [0.15, 0.2) is 21.9 Å². The highest BCUT2D eigenvalue weighted by Gasteiger charge is 2.14. The molecular weight excluding hydrogens is 230 g/mol. The highest BCUT2D eigenvalue weighted by atomic mass is 16.4. The Labute approximate surface area is 94.9 Å². The molecule has 1 amide bonds. The molecule has 0 aromatic carbocycles. The van der Waals surface area contributed by atoms with Gasteiger partial charge in [0.05, 0.1) is 0 Å². The predicted molar refractivity (Wildman–Crippen MR) is 56.6 cm³/mol. The number of carboxylic acids is 1. The summed E-state index contributed by atoms with van der Waals surface area (Å²) in [6.07, 6.45) is 1.16. The van der Waals surface area contributed by atoms with Crippen molar-refractivity contribution in [2.24, 2.45) is 0 Å². The minimum atomic E-state index is -1.17.